The monoisotopic (exact) mass is 464 g/mol. The number of nitrogens with one attached hydrogen (secondary N) is 2. The van der Waals surface area contributed by atoms with Crippen molar-refractivity contribution in [1.82, 2.24) is 5.32 Å². The van der Waals surface area contributed by atoms with Crippen molar-refractivity contribution < 1.29 is 21.6 Å². The van der Waals surface area contributed by atoms with Gasteiger partial charge in [-0.05, 0) is 36.4 Å². The van der Waals surface area contributed by atoms with E-state index in [1.165, 1.54) is 49.4 Å². The maximum Gasteiger partial charge on any atom is 0.261 e. The first-order valence-electron chi connectivity index (χ1n) is 8.10. The van der Waals surface area contributed by atoms with Gasteiger partial charge in [0.1, 0.15) is 0 Å². The SMILES string of the molecule is CCS(=O)(=O)CCNC(=O)c1cccc(NS(=O)(=O)c2ccc(Cl)c(Cl)c2)c1. The minimum atomic E-state index is -3.94. The predicted molar refractivity (Wildman–Crippen MR) is 110 cm³/mol. The standard InChI is InChI=1S/C17H18Cl2N2O5S2/c1-2-27(23,24)9-8-20-17(22)12-4-3-5-13(10-12)21-28(25,26)14-6-7-15(18)16(19)11-14/h3-7,10-11,21H,2,8-9H2,1H3,(H,20,22). The van der Waals surface area contributed by atoms with Crippen LogP contribution in [0.1, 0.15) is 17.3 Å². The first-order valence-corrected chi connectivity index (χ1v) is 12.2. The number of hydrogen-bond donors (Lipinski definition) is 2. The van der Waals surface area contributed by atoms with Gasteiger partial charge in [-0.25, -0.2) is 16.8 Å². The highest BCUT2D eigenvalue weighted by molar-refractivity contribution is 7.92. The molecule has 0 atom stereocenters. The quantitative estimate of drug-likeness (QED) is 0.623. The van der Waals surface area contributed by atoms with Crippen molar-refractivity contribution in [2.24, 2.45) is 0 Å². The van der Waals surface area contributed by atoms with E-state index in [0.29, 0.717) is 0 Å². The van der Waals surface area contributed by atoms with Crippen LogP contribution in [-0.4, -0.2) is 40.8 Å². The van der Waals surface area contributed by atoms with Crippen LogP contribution in [0.2, 0.25) is 10.0 Å². The first-order chi connectivity index (χ1) is 13.0. The molecule has 7 nitrogen and oxygen atoms in total. The molecule has 2 rings (SSSR count). The molecule has 0 fully saturated rings. The van der Waals surface area contributed by atoms with E-state index in [0.717, 1.165) is 0 Å². The Morgan fingerprint density at radius 2 is 1.71 bits per heavy atom. The summed E-state index contributed by atoms with van der Waals surface area (Å²) in [6.45, 7) is 1.49. The maximum absolute atomic E-state index is 12.5. The smallest absolute Gasteiger partial charge is 0.261 e. The molecule has 0 radical (unpaired) electrons. The van der Waals surface area contributed by atoms with Crippen LogP contribution < -0.4 is 10.0 Å². The predicted octanol–water partition coefficient (Wildman–Crippen LogP) is 2.96. The molecule has 152 valence electrons. The fraction of sp³-hybridized carbons (Fsp3) is 0.235. The molecule has 0 aliphatic rings. The molecule has 0 saturated heterocycles. The summed E-state index contributed by atoms with van der Waals surface area (Å²) >= 11 is 11.7. The molecule has 28 heavy (non-hydrogen) atoms. The van der Waals surface area contributed by atoms with Gasteiger partial charge in [0, 0.05) is 23.5 Å². The zero-order chi connectivity index (χ0) is 20.9. The van der Waals surface area contributed by atoms with Gasteiger partial charge in [-0.2, -0.15) is 0 Å². The summed E-state index contributed by atoms with van der Waals surface area (Å²) < 4.78 is 50.2. The molecule has 0 spiro atoms. The number of carbonyl (C=O) groups is 1. The number of anilines is 1. The van der Waals surface area contributed by atoms with Gasteiger partial charge < -0.3 is 5.32 Å². The normalized spacial score (nSPS) is 11.8. The molecule has 0 heterocycles. The van der Waals surface area contributed by atoms with E-state index in [2.05, 4.69) is 10.0 Å². The summed E-state index contributed by atoms with van der Waals surface area (Å²) in [5.74, 6) is -0.685. The Kier molecular flexibility index (Phi) is 7.33. The molecule has 0 aliphatic heterocycles. The highest BCUT2D eigenvalue weighted by Crippen LogP contribution is 2.26. The van der Waals surface area contributed by atoms with Crippen molar-refractivity contribution in [3.63, 3.8) is 0 Å². The minimum absolute atomic E-state index is 0.00511. The maximum atomic E-state index is 12.5. The van der Waals surface area contributed by atoms with Gasteiger partial charge in [0.25, 0.3) is 15.9 Å². The number of halogens is 2. The van der Waals surface area contributed by atoms with Crippen LogP contribution in [-0.2, 0) is 19.9 Å². The fourth-order valence-corrected chi connectivity index (χ4v) is 4.29. The molecule has 0 unspecified atom stereocenters. The molecule has 2 N–H and O–H groups in total. The number of sulfonamides is 1. The summed E-state index contributed by atoms with van der Waals surface area (Å²) in [4.78, 5) is 12.1. The molecule has 0 aliphatic carbocycles. The second-order valence-corrected chi connectivity index (χ2v) is 10.7. The molecular formula is C17H18Cl2N2O5S2. The van der Waals surface area contributed by atoms with Crippen LogP contribution in [0.4, 0.5) is 5.69 Å². The zero-order valence-electron chi connectivity index (χ0n) is 14.8. The van der Waals surface area contributed by atoms with E-state index in [9.17, 15) is 21.6 Å². The van der Waals surface area contributed by atoms with Crippen molar-refractivity contribution in [2.45, 2.75) is 11.8 Å². The lowest BCUT2D eigenvalue weighted by Crippen LogP contribution is -2.29. The van der Waals surface area contributed by atoms with Gasteiger partial charge in [0.15, 0.2) is 9.84 Å². The highest BCUT2D eigenvalue weighted by atomic mass is 35.5. The van der Waals surface area contributed by atoms with Crippen LogP contribution in [0.3, 0.4) is 0 Å². The Labute approximate surface area is 174 Å². The number of rotatable bonds is 8. The van der Waals surface area contributed by atoms with Crippen LogP contribution in [0.15, 0.2) is 47.4 Å². The third-order valence-electron chi connectivity index (χ3n) is 3.72. The zero-order valence-corrected chi connectivity index (χ0v) is 17.9. The second-order valence-electron chi connectivity index (χ2n) is 5.75. The van der Waals surface area contributed by atoms with Gasteiger partial charge in [-0.3, -0.25) is 9.52 Å². The van der Waals surface area contributed by atoms with Crippen molar-refractivity contribution in [3.8, 4) is 0 Å². The third-order valence-corrected chi connectivity index (χ3v) is 7.54. The molecule has 11 heteroatoms. The number of benzene rings is 2. The Bertz CT molecular complexity index is 1090. The summed E-state index contributed by atoms with van der Waals surface area (Å²) in [6.07, 6.45) is 0. The summed E-state index contributed by atoms with van der Waals surface area (Å²) in [6, 6.07) is 9.71. The van der Waals surface area contributed by atoms with Crippen LogP contribution in [0, 0.1) is 0 Å². The highest BCUT2D eigenvalue weighted by Gasteiger charge is 2.17. The van der Waals surface area contributed by atoms with E-state index in [-0.39, 0.29) is 44.2 Å². The Hall–Kier alpha value is -1.81. The molecular weight excluding hydrogens is 447 g/mol. The van der Waals surface area contributed by atoms with Gasteiger partial charge in [0.2, 0.25) is 0 Å². The molecule has 0 bridgehead atoms. The van der Waals surface area contributed by atoms with E-state index in [1.807, 2.05) is 0 Å². The van der Waals surface area contributed by atoms with Crippen LogP contribution in [0.5, 0.6) is 0 Å². The average Bonchev–Trinajstić information content (AvgIpc) is 2.63. The lowest BCUT2D eigenvalue weighted by atomic mass is 10.2. The summed E-state index contributed by atoms with van der Waals surface area (Å²) in [5.41, 5.74) is 0.350. The van der Waals surface area contributed by atoms with Gasteiger partial charge in [0.05, 0.1) is 20.7 Å². The molecule has 1 amide bonds. The third kappa shape index (κ3) is 6.10. The number of carbonyl (C=O) groups excluding carboxylic acids is 1. The largest absolute Gasteiger partial charge is 0.351 e. The number of amides is 1. The molecule has 2 aromatic carbocycles. The topological polar surface area (TPSA) is 109 Å². The van der Waals surface area contributed by atoms with Crippen LogP contribution in [0.25, 0.3) is 0 Å². The van der Waals surface area contributed by atoms with E-state index in [4.69, 9.17) is 23.2 Å². The molecule has 0 aromatic heterocycles. The number of hydrogen-bond acceptors (Lipinski definition) is 5. The first kappa shape index (κ1) is 22.5. The summed E-state index contributed by atoms with van der Waals surface area (Å²) in [7, 11) is -7.13. The van der Waals surface area contributed by atoms with E-state index < -0.39 is 25.8 Å². The Morgan fingerprint density at radius 3 is 2.36 bits per heavy atom. The van der Waals surface area contributed by atoms with E-state index in [1.54, 1.807) is 0 Å². The van der Waals surface area contributed by atoms with Crippen molar-refractivity contribution in [2.75, 3.05) is 22.8 Å². The van der Waals surface area contributed by atoms with Crippen molar-refractivity contribution in [1.29, 1.82) is 0 Å². The van der Waals surface area contributed by atoms with Crippen LogP contribution >= 0.6 is 23.2 Å². The number of sulfone groups is 1. The van der Waals surface area contributed by atoms with Crippen molar-refractivity contribution >= 4 is 54.7 Å². The Balaban J connectivity index is 2.12. The summed E-state index contributed by atoms with van der Waals surface area (Å²) in [5, 5.41) is 2.82. The molecule has 0 saturated carbocycles. The van der Waals surface area contributed by atoms with Crippen molar-refractivity contribution in [3.05, 3.63) is 58.1 Å². The lowest BCUT2D eigenvalue weighted by molar-refractivity contribution is 0.0956. The van der Waals surface area contributed by atoms with E-state index >= 15 is 0 Å². The fourth-order valence-electron chi connectivity index (χ4n) is 2.15. The second kappa shape index (κ2) is 9.13. The average molecular weight is 465 g/mol. The van der Waals surface area contributed by atoms with Gasteiger partial charge >= 0.3 is 0 Å². The lowest BCUT2D eigenvalue weighted by Gasteiger charge is -2.10. The minimum Gasteiger partial charge on any atom is -0.351 e. The van der Waals surface area contributed by atoms with Gasteiger partial charge in [-0.1, -0.05) is 36.2 Å². The Morgan fingerprint density at radius 1 is 1.00 bits per heavy atom. The molecule has 2 aromatic rings. The van der Waals surface area contributed by atoms with Gasteiger partial charge in [-0.15, -0.1) is 0 Å².